The number of hydrogen-bond acceptors (Lipinski definition) is 4. The lowest BCUT2D eigenvalue weighted by Crippen LogP contribution is -2.53. The second-order valence-electron chi connectivity index (χ2n) is 14.6. The number of amides is 2. The number of sulfonamides is 1. The van der Waals surface area contributed by atoms with Gasteiger partial charge in [0.05, 0.1) is 11.9 Å². The molecule has 2 amide bonds. The molecule has 0 spiro atoms. The molecule has 7 rings (SSSR count). The van der Waals surface area contributed by atoms with Gasteiger partial charge in [-0.05, 0) is 109 Å². The van der Waals surface area contributed by atoms with Crippen LogP contribution in [0.25, 0.3) is 0 Å². The molecule has 4 saturated carbocycles. The second kappa shape index (κ2) is 15.0. The summed E-state index contributed by atoms with van der Waals surface area (Å²) in [6.45, 7) is 2.04. The second-order valence-corrected chi connectivity index (χ2v) is 17.4. The van der Waals surface area contributed by atoms with Crippen LogP contribution in [0, 0.1) is 17.8 Å². The zero-order valence-electron chi connectivity index (χ0n) is 28.4. The van der Waals surface area contributed by atoms with Gasteiger partial charge in [0.2, 0.25) is 21.8 Å². The van der Waals surface area contributed by atoms with E-state index in [0.717, 1.165) is 46.7 Å². The maximum atomic E-state index is 14.5. The molecule has 4 bridgehead atoms. The fourth-order valence-electron chi connectivity index (χ4n) is 8.95. The van der Waals surface area contributed by atoms with Crippen molar-refractivity contribution < 1.29 is 18.0 Å². The fraction of sp³-hybridized carbons (Fsp3) is 0.487. The molecule has 1 N–H and O–H groups in total. The average molecular weight is 725 g/mol. The van der Waals surface area contributed by atoms with Gasteiger partial charge in [0.25, 0.3) is 0 Å². The first-order chi connectivity index (χ1) is 23.4. The minimum Gasteiger partial charge on any atom is -0.354 e. The van der Waals surface area contributed by atoms with Gasteiger partial charge in [0.1, 0.15) is 12.6 Å². The molecule has 0 unspecified atom stereocenters. The Morgan fingerprint density at radius 1 is 0.918 bits per heavy atom. The van der Waals surface area contributed by atoms with Crippen molar-refractivity contribution >= 4 is 50.7 Å². The Hall–Kier alpha value is -3.07. The lowest BCUT2D eigenvalue weighted by molar-refractivity contribution is -0.140. The Balaban J connectivity index is 1.31. The maximum absolute atomic E-state index is 14.5. The van der Waals surface area contributed by atoms with E-state index in [0.29, 0.717) is 27.8 Å². The molecule has 7 nitrogen and oxygen atoms in total. The van der Waals surface area contributed by atoms with E-state index in [-0.39, 0.29) is 24.3 Å². The Bertz CT molecular complexity index is 1710. The number of anilines is 1. The lowest BCUT2D eigenvalue weighted by Gasteiger charge is -2.57. The van der Waals surface area contributed by atoms with Gasteiger partial charge in [-0.1, -0.05) is 85.1 Å². The molecule has 3 aromatic rings. The van der Waals surface area contributed by atoms with Crippen LogP contribution in [0.3, 0.4) is 0 Å². The van der Waals surface area contributed by atoms with Crippen molar-refractivity contribution in [3.63, 3.8) is 0 Å². The van der Waals surface area contributed by atoms with Crippen molar-refractivity contribution in [2.75, 3.05) is 23.7 Å². The molecular weight excluding hydrogens is 677 g/mol. The molecule has 4 aliphatic carbocycles. The molecule has 0 aliphatic heterocycles. The summed E-state index contributed by atoms with van der Waals surface area (Å²) in [5, 5.41) is 3.81. The van der Waals surface area contributed by atoms with E-state index in [2.05, 4.69) is 17.4 Å². The zero-order valence-corrected chi connectivity index (χ0v) is 30.7. The average Bonchev–Trinajstić information content (AvgIpc) is 3.05. The van der Waals surface area contributed by atoms with Gasteiger partial charge in [-0.25, -0.2) is 8.42 Å². The third-order valence-corrected chi connectivity index (χ3v) is 12.7. The number of benzene rings is 3. The summed E-state index contributed by atoms with van der Waals surface area (Å²) in [5.41, 5.74) is 3.35. The molecule has 262 valence electrons. The zero-order chi connectivity index (χ0) is 34.8. The Morgan fingerprint density at radius 2 is 1.55 bits per heavy atom. The summed E-state index contributed by atoms with van der Waals surface area (Å²) in [7, 11) is -3.87. The van der Waals surface area contributed by atoms with Crippen LogP contribution in [0.1, 0.15) is 75.0 Å². The van der Waals surface area contributed by atoms with Crippen molar-refractivity contribution in [1.29, 1.82) is 0 Å². The van der Waals surface area contributed by atoms with Crippen molar-refractivity contribution in [2.45, 2.75) is 82.7 Å². The third-order valence-electron chi connectivity index (χ3n) is 10.9. The summed E-state index contributed by atoms with van der Waals surface area (Å²) in [6, 6.07) is 21.5. The highest BCUT2D eigenvalue weighted by Gasteiger charge is 2.51. The number of halogens is 2. The summed E-state index contributed by atoms with van der Waals surface area (Å²) in [4.78, 5) is 29.8. The van der Waals surface area contributed by atoms with Gasteiger partial charge in [0, 0.05) is 29.6 Å². The molecule has 4 aliphatic rings. The van der Waals surface area contributed by atoms with Crippen molar-refractivity contribution in [3.05, 3.63) is 99.5 Å². The minimum atomic E-state index is -3.87. The Morgan fingerprint density at radius 3 is 2.12 bits per heavy atom. The number of rotatable bonds is 14. The molecule has 3 aromatic carbocycles. The van der Waals surface area contributed by atoms with Gasteiger partial charge in [-0.2, -0.15) is 0 Å². The molecular formula is C39H47Cl2N3O4S. The fourth-order valence-corrected chi connectivity index (χ4v) is 10.3. The largest absolute Gasteiger partial charge is 0.354 e. The molecule has 0 aromatic heterocycles. The highest BCUT2D eigenvalue weighted by molar-refractivity contribution is 7.92. The minimum absolute atomic E-state index is 0.00388. The number of nitrogens with zero attached hydrogens (tertiary/aromatic N) is 2. The molecule has 4 fully saturated rings. The van der Waals surface area contributed by atoms with E-state index in [4.69, 9.17) is 23.2 Å². The van der Waals surface area contributed by atoms with Crippen LogP contribution in [-0.2, 0) is 38.0 Å². The predicted octanol–water partition coefficient (Wildman–Crippen LogP) is 7.78. The smallest absolute Gasteiger partial charge is 0.244 e. The molecule has 1 atom stereocenters. The van der Waals surface area contributed by atoms with Crippen LogP contribution in [0.15, 0.2) is 72.8 Å². The Labute approximate surface area is 301 Å². The van der Waals surface area contributed by atoms with Crippen molar-refractivity contribution in [3.8, 4) is 0 Å². The van der Waals surface area contributed by atoms with E-state index >= 15 is 0 Å². The summed E-state index contributed by atoms with van der Waals surface area (Å²) < 4.78 is 27.9. The van der Waals surface area contributed by atoms with E-state index in [9.17, 15) is 18.0 Å². The SMILES string of the molecule is CCCCNC(=O)[C@H](Cc1ccccc1)N(Cc1ccc(Cl)cc1Cl)C(=O)CN(c1ccc(C23CC4CC(CC(C4)C2)C3)cc1)S(C)(=O)=O. The molecule has 0 saturated heterocycles. The van der Waals surface area contributed by atoms with E-state index in [1.54, 1.807) is 18.2 Å². The first kappa shape index (κ1) is 35.7. The van der Waals surface area contributed by atoms with Gasteiger partial charge in [0.15, 0.2) is 0 Å². The molecule has 10 heteroatoms. The van der Waals surface area contributed by atoms with E-state index in [1.807, 2.05) is 49.4 Å². The van der Waals surface area contributed by atoms with Crippen LogP contribution in [-0.4, -0.2) is 50.5 Å². The Kier molecular flexibility index (Phi) is 11.0. The quantitative estimate of drug-likeness (QED) is 0.172. The van der Waals surface area contributed by atoms with Crippen LogP contribution in [0.4, 0.5) is 5.69 Å². The number of nitrogens with one attached hydrogen (secondary N) is 1. The van der Waals surface area contributed by atoms with Gasteiger partial charge in [-0.3, -0.25) is 13.9 Å². The van der Waals surface area contributed by atoms with Crippen LogP contribution < -0.4 is 9.62 Å². The molecule has 49 heavy (non-hydrogen) atoms. The number of hydrogen-bond donors (Lipinski definition) is 1. The summed E-state index contributed by atoms with van der Waals surface area (Å²) >= 11 is 12.8. The van der Waals surface area contributed by atoms with Crippen molar-refractivity contribution in [2.24, 2.45) is 17.8 Å². The third kappa shape index (κ3) is 8.29. The normalized spacial score (nSPS) is 23.2. The topological polar surface area (TPSA) is 86.8 Å². The van der Waals surface area contributed by atoms with E-state index in [1.165, 1.54) is 49.0 Å². The molecule has 0 radical (unpaired) electrons. The standard InChI is InChI=1S/C39H47Cl2N3O4S/c1-3-4-16-42-38(46)36(20-27-8-6-5-7-9-27)43(25-31-10-13-33(40)21-35(31)41)37(45)26-44(49(2,47)48)34-14-11-32(12-15-34)39-22-28-17-29(23-39)19-30(18-28)24-39/h5-15,21,28-30,36H,3-4,16-20,22-26H2,1-2H3,(H,42,46)/t28?,29?,30?,36-,39?/m0/s1. The first-order valence-electron chi connectivity index (χ1n) is 17.6. The molecule has 0 heterocycles. The van der Waals surface area contributed by atoms with Crippen LogP contribution in [0.2, 0.25) is 10.0 Å². The number of carbonyl (C=O) groups excluding carboxylic acids is 2. The highest BCUT2D eigenvalue weighted by Crippen LogP contribution is 2.60. The lowest BCUT2D eigenvalue weighted by atomic mass is 9.48. The summed E-state index contributed by atoms with van der Waals surface area (Å²) in [5.74, 6) is 1.56. The monoisotopic (exact) mass is 723 g/mol. The van der Waals surface area contributed by atoms with Crippen molar-refractivity contribution in [1.82, 2.24) is 10.2 Å². The van der Waals surface area contributed by atoms with Gasteiger partial charge < -0.3 is 10.2 Å². The maximum Gasteiger partial charge on any atom is 0.244 e. The van der Waals surface area contributed by atoms with E-state index < -0.39 is 28.5 Å². The van der Waals surface area contributed by atoms with Crippen LogP contribution >= 0.6 is 23.2 Å². The van der Waals surface area contributed by atoms with Gasteiger partial charge >= 0.3 is 0 Å². The van der Waals surface area contributed by atoms with Crippen LogP contribution in [0.5, 0.6) is 0 Å². The number of unbranched alkanes of at least 4 members (excludes halogenated alkanes) is 1. The highest BCUT2D eigenvalue weighted by atomic mass is 35.5. The number of carbonyl (C=O) groups is 2. The summed E-state index contributed by atoms with van der Waals surface area (Å²) in [6.07, 6.45) is 10.7. The van der Waals surface area contributed by atoms with Gasteiger partial charge in [-0.15, -0.1) is 0 Å². The first-order valence-corrected chi connectivity index (χ1v) is 20.2. The predicted molar refractivity (Wildman–Crippen MR) is 197 cm³/mol.